The molecule has 0 bridgehead atoms. The van der Waals surface area contributed by atoms with E-state index in [4.69, 9.17) is 17.0 Å². The monoisotopic (exact) mass is 194 g/mol. The van der Waals surface area contributed by atoms with Gasteiger partial charge in [0.15, 0.2) is 5.05 Å². The second-order valence-electron chi connectivity index (χ2n) is 3.20. The molecule has 0 heterocycles. The zero-order valence-corrected chi connectivity index (χ0v) is 8.80. The molecule has 0 aliphatic carbocycles. The van der Waals surface area contributed by atoms with Crippen LogP contribution >= 0.6 is 12.2 Å². The maximum Gasteiger partial charge on any atom is 0.164 e. The summed E-state index contributed by atoms with van der Waals surface area (Å²) in [6.45, 7) is 3.97. The zero-order chi connectivity index (χ0) is 9.68. The minimum absolute atomic E-state index is 0.177. The van der Waals surface area contributed by atoms with Crippen LogP contribution in [-0.4, -0.2) is 11.2 Å². The van der Waals surface area contributed by atoms with Gasteiger partial charge in [-0.2, -0.15) is 0 Å². The van der Waals surface area contributed by atoms with Gasteiger partial charge in [0.1, 0.15) is 0 Å². The van der Waals surface area contributed by atoms with Gasteiger partial charge in [0.2, 0.25) is 0 Å². The Morgan fingerprint density at radius 3 is 2.46 bits per heavy atom. The number of thiocarbonyl (C=S) groups is 1. The molecule has 2 heteroatoms. The van der Waals surface area contributed by atoms with Crippen LogP contribution in [0, 0.1) is 0 Å². The van der Waals surface area contributed by atoms with Gasteiger partial charge in [0.05, 0.1) is 6.10 Å². The fourth-order valence-electron chi connectivity index (χ4n) is 1.07. The van der Waals surface area contributed by atoms with Crippen LogP contribution in [0.15, 0.2) is 30.3 Å². The highest BCUT2D eigenvalue weighted by Crippen LogP contribution is 2.03. The molecule has 0 radical (unpaired) electrons. The summed E-state index contributed by atoms with van der Waals surface area (Å²) >= 11 is 5.09. The van der Waals surface area contributed by atoms with Crippen molar-refractivity contribution in [2.24, 2.45) is 0 Å². The quantitative estimate of drug-likeness (QED) is 0.684. The summed E-state index contributed by atoms with van der Waals surface area (Å²) in [4.78, 5) is 0. The molecule has 0 fully saturated rings. The van der Waals surface area contributed by atoms with Crippen LogP contribution in [0.2, 0.25) is 0 Å². The van der Waals surface area contributed by atoms with Crippen LogP contribution in [-0.2, 0) is 11.2 Å². The van der Waals surface area contributed by atoms with E-state index in [0.717, 1.165) is 6.42 Å². The number of hydrogen-bond donors (Lipinski definition) is 0. The standard InChI is InChI=1S/C11H14OS/c1-9(2)12-11(13)8-10-6-4-3-5-7-10/h3-7,9H,8H2,1-2H3. The van der Waals surface area contributed by atoms with Crippen molar-refractivity contribution in [2.45, 2.75) is 26.4 Å². The fraction of sp³-hybridized carbons (Fsp3) is 0.364. The molecule has 70 valence electrons. The lowest BCUT2D eigenvalue weighted by Gasteiger charge is -2.10. The number of ether oxygens (including phenoxy) is 1. The van der Waals surface area contributed by atoms with Crippen molar-refractivity contribution in [3.8, 4) is 0 Å². The maximum absolute atomic E-state index is 5.39. The highest BCUT2D eigenvalue weighted by Gasteiger charge is 2.01. The summed E-state index contributed by atoms with van der Waals surface area (Å²) in [5.41, 5.74) is 1.20. The molecule has 0 amide bonds. The third kappa shape index (κ3) is 4.04. The molecule has 0 aromatic heterocycles. The van der Waals surface area contributed by atoms with E-state index in [-0.39, 0.29) is 6.10 Å². The normalized spacial score (nSPS) is 10.1. The highest BCUT2D eigenvalue weighted by atomic mass is 32.1. The van der Waals surface area contributed by atoms with Crippen molar-refractivity contribution in [1.82, 2.24) is 0 Å². The van der Waals surface area contributed by atoms with Gasteiger partial charge in [-0.05, 0) is 31.6 Å². The molecule has 1 nitrogen and oxygen atoms in total. The zero-order valence-electron chi connectivity index (χ0n) is 7.99. The van der Waals surface area contributed by atoms with Gasteiger partial charge in [-0.25, -0.2) is 0 Å². The summed E-state index contributed by atoms with van der Waals surface area (Å²) in [7, 11) is 0. The minimum atomic E-state index is 0.177. The lowest BCUT2D eigenvalue weighted by molar-refractivity contribution is 0.230. The first-order valence-electron chi connectivity index (χ1n) is 4.42. The first kappa shape index (κ1) is 10.2. The number of benzene rings is 1. The predicted molar refractivity (Wildman–Crippen MR) is 59.0 cm³/mol. The molecule has 1 rings (SSSR count). The molecule has 0 aliphatic rings. The summed E-state index contributed by atoms with van der Waals surface area (Å²) in [5.74, 6) is 0. The topological polar surface area (TPSA) is 9.23 Å². The second kappa shape index (κ2) is 4.97. The van der Waals surface area contributed by atoms with Gasteiger partial charge in [-0.1, -0.05) is 30.3 Å². The largest absolute Gasteiger partial charge is 0.484 e. The van der Waals surface area contributed by atoms with Crippen molar-refractivity contribution >= 4 is 17.3 Å². The predicted octanol–water partition coefficient (Wildman–Crippen LogP) is 2.98. The van der Waals surface area contributed by atoms with E-state index in [1.165, 1.54) is 5.56 Å². The van der Waals surface area contributed by atoms with Crippen molar-refractivity contribution in [1.29, 1.82) is 0 Å². The molecule has 0 aliphatic heterocycles. The van der Waals surface area contributed by atoms with Crippen LogP contribution in [0.25, 0.3) is 0 Å². The highest BCUT2D eigenvalue weighted by molar-refractivity contribution is 7.80. The first-order chi connectivity index (χ1) is 6.18. The van der Waals surface area contributed by atoms with Crippen LogP contribution in [0.5, 0.6) is 0 Å². The minimum Gasteiger partial charge on any atom is -0.484 e. The van der Waals surface area contributed by atoms with Crippen molar-refractivity contribution < 1.29 is 4.74 Å². The Hall–Kier alpha value is -0.890. The Kier molecular flexibility index (Phi) is 3.90. The van der Waals surface area contributed by atoms with Crippen LogP contribution in [0.4, 0.5) is 0 Å². The molecular weight excluding hydrogens is 180 g/mol. The Bertz CT molecular complexity index is 267. The van der Waals surface area contributed by atoms with E-state index in [1.54, 1.807) is 0 Å². The van der Waals surface area contributed by atoms with E-state index in [1.807, 2.05) is 32.0 Å². The van der Waals surface area contributed by atoms with E-state index >= 15 is 0 Å². The van der Waals surface area contributed by atoms with E-state index in [9.17, 15) is 0 Å². The lowest BCUT2D eigenvalue weighted by atomic mass is 10.2. The molecule has 1 aromatic rings. The van der Waals surface area contributed by atoms with Gasteiger partial charge in [-0.15, -0.1) is 0 Å². The van der Waals surface area contributed by atoms with Crippen LogP contribution < -0.4 is 0 Å². The fourth-order valence-corrected chi connectivity index (χ4v) is 1.43. The van der Waals surface area contributed by atoms with E-state index < -0.39 is 0 Å². The van der Waals surface area contributed by atoms with Gasteiger partial charge < -0.3 is 4.74 Å². The molecule has 13 heavy (non-hydrogen) atoms. The molecule has 0 saturated heterocycles. The SMILES string of the molecule is CC(C)OC(=S)Cc1ccccc1. The number of hydrogen-bond acceptors (Lipinski definition) is 2. The van der Waals surface area contributed by atoms with Crippen LogP contribution in [0.1, 0.15) is 19.4 Å². The molecule has 0 unspecified atom stereocenters. The summed E-state index contributed by atoms with van der Waals surface area (Å²) < 4.78 is 5.39. The second-order valence-corrected chi connectivity index (χ2v) is 3.66. The van der Waals surface area contributed by atoms with Crippen LogP contribution in [0.3, 0.4) is 0 Å². The van der Waals surface area contributed by atoms with Gasteiger partial charge in [0.25, 0.3) is 0 Å². The van der Waals surface area contributed by atoms with Gasteiger partial charge >= 0.3 is 0 Å². The maximum atomic E-state index is 5.39. The van der Waals surface area contributed by atoms with Crippen molar-refractivity contribution in [2.75, 3.05) is 0 Å². The Morgan fingerprint density at radius 2 is 1.92 bits per heavy atom. The average Bonchev–Trinajstić information content (AvgIpc) is 2.04. The smallest absolute Gasteiger partial charge is 0.164 e. The molecule has 0 N–H and O–H groups in total. The Labute approximate surface area is 84.7 Å². The summed E-state index contributed by atoms with van der Waals surface area (Å²) in [6.07, 6.45) is 0.908. The van der Waals surface area contributed by atoms with Gasteiger partial charge in [0, 0.05) is 6.42 Å². The summed E-state index contributed by atoms with van der Waals surface area (Å²) in [5, 5.41) is 0.668. The summed E-state index contributed by atoms with van der Waals surface area (Å²) in [6, 6.07) is 10.1. The molecule has 0 atom stereocenters. The molecular formula is C11H14OS. The third-order valence-corrected chi connectivity index (χ3v) is 1.80. The average molecular weight is 194 g/mol. The van der Waals surface area contributed by atoms with Crippen molar-refractivity contribution in [3.05, 3.63) is 35.9 Å². The van der Waals surface area contributed by atoms with Gasteiger partial charge in [-0.3, -0.25) is 0 Å². The third-order valence-electron chi connectivity index (χ3n) is 1.56. The first-order valence-corrected chi connectivity index (χ1v) is 4.82. The van der Waals surface area contributed by atoms with Crippen molar-refractivity contribution in [3.63, 3.8) is 0 Å². The van der Waals surface area contributed by atoms with E-state index in [0.29, 0.717) is 5.05 Å². The molecule has 0 saturated carbocycles. The Morgan fingerprint density at radius 1 is 1.31 bits per heavy atom. The lowest BCUT2D eigenvalue weighted by Crippen LogP contribution is -2.11. The van der Waals surface area contributed by atoms with E-state index in [2.05, 4.69) is 12.1 Å². The number of rotatable bonds is 3. The molecule has 0 spiro atoms. The molecule has 1 aromatic carbocycles. The Balaban J connectivity index is 2.46.